The highest BCUT2D eigenvalue weighted by atomic mass is 16.5. The molecule has 1 aliphatic carbocycles. The number of benzene rings is 1. The molecule has 2 aliphatic rings. The van der Waals surface area contributed by atoms with E-state index in [1.165, 1.54) is 43.5 Å². The van der Waals surface area contributed by atoms with Gasteiger partial charge in [0, 0.05) is 31.2 Å². The van der Waals surface area contributed by atoms with Crippen molar-refractivity contribution >= 4 is 0 Å². The van der Waals surface area contributed by atoms with Gasteiger partial charge in [-0.05, 0) is 56.3 Å². The van der Waals surface area contributed by atoms with Gasteiger partial charge in [-0.3, -0.25) is 4.90 Å². The van der Waals surface area contributed by atoms with Gasteiger partial charge in [0.1, 0.15) is 5.75 Å². The topological polar surface area (TPSA) is 24.5 Å². The van der Waals surface area contributed by atoms with E-state index in [2.05, 4.69) is 35.3 Å². The van der Waals surface area contributed by atoms with Crippen molar-refractivity contribution in [1.29, 1.82) is 0 Å². The summed E-state index contributed by atoms with van der Waals surface area (Å²) in [5.74, 6) is 2.94. The van der Waals surface area contributed by atoms with Crippen molar-refractivity contribution in [3.8, 4) is 5.75 Å². The minimum atomic E-state index is 0.382. The zero-order valence-electron chi connectivity index (χ0n) is 13.6. The highest BCUT2D eigenvalue weighted by Crippen LogP contribution is 2.38. The number of methoxy groups -OCH3 is 1. The van der Waals surface area contributed by atoms with Crippen LogP contribution in [0, 0.1) is 11.8 Å². The maximum atomic E-state index is 5.57. The minimum absolute atomic E-state index is 0.382. The second kappa shape index (κ2) is 6.37. The van der Waals surface area contributed by atoms with Crippen LogP contribution in [0.3, 0.4) is 0 Å². The number of nitrogens with one attached hydrogen (secondary N) is 1. The third kappa shape index (κ3) is 3.09. The Morgan fingerprint density at radius 1 is 1.29 bits per heavy atom. The molecule has 1 aliphatic heterocycles. The maximum absolute atomic E-state index is 5.57. The van der Waals surface area contributed by atoms with Crippen molar-refractivity contribution in [2.45, 2.75) is 38.8 Å². The van der Waals surface area contributed by atoms with Crippen LogP contribution in [0.4, 0.5) is 0 Å². The molecule has 2 fully saturated rings. The van der Waals surface area contributed by atoms with Gasteiger partial charge in [-0.25, -0.2) is 0 Å². The third-order valence-electron chi connectivity index (χ3n) is 5.43. The monoisotopic (exact) mass is 288 g/mol. The molecule has 3 rings (SSSR count). The molecular formula is C18H28N2O. The largest absolute Gasteiger partial charge is 0.496 e. The van der Waals surface area contributed by atoms with E-state index in [4.69, 9.17) is 4.74 Å². The van der Waals surface area contributed by atoms with E-state index in [1.807, 2.05) is 7.05 Å². The molecule has 0 bridgehead atoms. The molecule has 116 valence electrons. The molecule has 1 saturated heterocycles. The van der Waals surface area contributed by atoms with Gasteiger partial charge >= 0.3 is 0 Å². The molecule has 0 aromatic heterocycles. The van der Waals surface area contributed by atoms with Crippen molar-refractivity contribution in [2.75, 3.05) is 27.2 Å². The first-order chi connectivity index (χ1) is 10.2. The van der Waals surface area contributed by atoms with E-state index >= 15 is 0 Å². The summed E-state index contributed by atoms with van der Waals surface area (Å²) in [6.07, 6.45) is 4.33. The first kappa shape index (κ1) is 14.9. The smallest absolute Gasteiger partial charge is 0.123 e. The van der Waals surface area contributed by atoms with E-state index in [9.17, 15) is 0 Å². The molecular weight excluding hydrogens is 260 g/mol. The lowest BCUT2D eigenvalue weighted by Gasteiger charge is -2.20. The summed E-state index contributed by atoms with van der Waals surface area (Å²) in [7, 11) is 3.79. The Labute approximate surface area is 128 Å². The molecule has 1 aromatic rings. The molecule has 0 spiro atoms. The van der Waals surface area contributed by atoms with Gasteiger partial charge in [0.2, 0.25) is 0 Å². The molecule has 21 heavy (non-hydrogen) atoms. The normalized spacial score (nSPS) is 26.8. The van der Waals surface area contributed by atoms with Gasteiger partial charge < -0.3 is 10.1 Å². The molecule has 3 heteroatoms. The van der Waals surface area contributed by atoms with Gasteiger partial charge in [0.25, 0.3) is 0 Å². The molecule has 1 saturated carbocycles. The van der Waals surface area contributed by atoms with Crippen molar-refractivity contribution in [3.63, 3.8) is 0 Å². The molecule has 3 nitrogen and oxygen atoms in total. The molecule has 0 amide bonds. The Hall–Kier alpha value is -1.06. The molecule has 1 N–H and O–H groups in total. The quantitative estimate of drug-likeness (QED) is 0.900. The number of hydrogen-bond donors (Lipinski definition) is 1. The van der Waals surface area contributed by atoms with Crippen LogP contribution in [0.5, 0.6) is 5.75 Å². The molecule has 0 radical (unpaired) electrons. The summed E-state index contributed by atoms with van der Waals surface area (Å²) in [6.45, 7) is 5.78. The van der Waals surface area contributed by atoms with Gasteiger partial charge in [-0.15, -0.1) is 0 Å². The number of nitrogens with zero attached hydrogens (tertiary/aromatic N) is 1. The second-order valence-electron chi connectivity index (χ2n) is 6.73. The first-order valence-electron chi connectivity index (χ1n) is 8.27. The zero-order chi connectivity index (χ0) is 14.8. The van der Waals surface area contributed by atoms with Crippen LogP contribution in [0.2, 0.25) is 0 Å². The molecule has 1 aromatic carbocycles. The summed E-state index contributed by atoms with van der Waals surface area (Å²) >= 11 is 0. The van der Waals surface area contributed by atoms with E-state index < -0.39 is 0 Å². The van der Waals surface area contributed by atoms with Gasteiger partial charge in [-0.1, -0.05) is 12.5 Å². The second-order valence-corrected chi connectivity index (χ2v) is 6.73. The van der Waals surface area contributed by atoms with Crippen molar-refractivity contribution in [2.24, 2.45) is 11.8 Å². The number of likely N-dealkylation sites (tertiary alicyclic amines) is 1. The fraction of sp³-hybridized carbons (Fsp3) is 0.667. The standard InChI is InChI=1S/C18H28N2O/c1-13(19-2)14-7-8-18(21-3)17(9-14)12-20-10-15-5-4-6-16(15)11-20/h7-9,13,15-16,19H,4-6,10-12H2,1-3H3. The van der Waals surface area contributed by atoms with E-state index in [-0.39, 0.29) is 0 Å². The minimum Gasteiger partial charge on any atom is -0.496 e. The summed E-state index contributed by atoms with van der Waals surface area (Å²) in [5.41, 5.74) is 2.67. The number of hydrogen-bond acceptors (Lipinski definition) is 3. The van der Waals surface area contributed by atoms with Crippen LogP contribution in [0.25, 0.3) is 0 Å². The Bertz CT molecular complexity index is 476. The van der Waals surface area contributed by atoms with Crippen LogP contribution >= 0.6 is 0 Å². The summed E-state index contributed by atoms with van der Waals surface area (Å²) in [5, 5.41) is 3.32. The van der Waals surface area contributed by atoms with Crippen LogP contribution in [0.1, 0.15) is 43.4 Å². The highest BCUT2D eigenvalue weighted by molar-refractivity contribution is 5.38. The van der Waals surface area contributed by atoms with Crippen LogP contribution < -0.4 is 10.1 Å². The van der Waals surface area contributed by atoms with Crippen molar-refractivity contribution in [1.82, 2.24) is 10.2 Å². The predicted molar refractivity (Wildman–Crippen MR) is 86.6 cm³/mol. The van der Waals surface area contributed by atoms with E-state index in [0.717, 1.165) is 24.1 Å². The summed E-state index contributed by atoms with van der Waals surface area (Å²) < 4.78 is 5.57. The fourth-order valence-corrected chi connectivity index (χ4v) is 4.06. The highest BCUT2D eigenvalue weighted by Gasteiger charge is 2.36. The number of fused-ring (bicyclic) bond motifs is 1. The third-order valence-corrected chi connectivity index (χ3v) is 5.43. The van der Waals surface area contributed by atoms with Gasteiger partial charge in [0.05, 0.1) is 7.11 Å². The summed E-state index contributed by atoms with van der Waals surface area (Å²) in [4.78, 5) is 2.63. The van der Waals surface area contributed by atoms with E-state index in [1.54, 1.807) is 7.11 Å². The molecule has 3 unspecified atom stereocenters. The SMILES string of the molecule is CNC(C)c1ccc(OC)c(CN2CC3CCCC3C2)c1. The van der Waals surface area contributed by atoms with Crippen LogP contribution in [-0.4, -0.2) is 32.1 Å². The maximum Gasteiger partial charge on any atom is 0.123 e. The summed E-state index contributed by atoms with van der Waals surface area (Å²) in [6, 6.07) is 6.98. The average molecular weight is 288 g/mol. The fourth-order valence-electron chi connectivity index (χ4n) is 4.06. The van der Waals surface area contributed by atoms with Crippen LogP contribution in [0.15, 0.2) is 18.2 Å². The van der Waals surface area contributed by atoms with Gasteiger partial charge in [0.15, 0.2) is 0 Å². The van der Waals surface area contributed by atoms with E-state index in [0.29, 0.717) is 6.04 Å². The lowest BCUT2D eigenvalue weighted by atomic mass is 10.0. The lowest BCUT2D eigenvalue weighted by Crippen LogP contribution is -2.22. The average Bonchev–Trinajstić information content (AvgIpc) is 3.07. The predicted octanol–water partition coefficient (Wildman–Crippen LogP) is 3.21. The van der Waals surface area contributed by atoms with Crippen LogP contribution in [-0.2, 0) is 6.54 Å². The lowest BCUT2D eigenvalue weighted by molar-refractivity contribution is 0.296. The van der Waals surface area contributed by atoms with Crippen molar-refractivity contribution < 1.29 is 4.74 Å². The molecule has 1 heterocycles. The zero-order valence-corrected chi connectivity index (χ0v) is 13.6. The van der Waals surface area contributed by atoms with Crippen molar-refractivity contribution in [3.05, 3.63) is 29.3 Å². The Balaban J connectivity index is 1.74. The Morgan fingerprint density at radius 3 is 2.62 bits per heavy atom. The number of rotatable bonds is 5. The van der Waals surface area contributed by atoms with Gasteiger partial charge in [-0.2, -0.15) is 0 Å². The Kier molecular flexibility index (Phi) is 4.51. The number of ether oxygens (including phenoxy) is 1. The molecule has 3 atom stereocenters. The first-order valence-corrected chi connectivity index (χ1v) is 8.27. The Morgan fingerprint density at radius 2 is 2.00 bits per heavy atom.